The smallest absolute Gasteiger partial charge is 0.303 e. The maximum absolute atomic E-state index is 11.3. The van der Waals surface area contributed by atoms with Crippen LogP contribution in [0.15, 0.2) is 0 Å². The SMILES string of the molecule is CC(=O)OC1[C@@H](OC(C)=O)CO[C@@H](SCS)[C@H]1OC(C)=O. The standard InChI is InChI=1S/C12H18O7S2/c1-6(13)17-9-4-16-12(21-5-20)11(19-8(3)15)10(9)18-7(2)14/h9-12,20H,4-5H2,1-3H3/t9-,10?,11-,12-/m0/s1. The molecule has 0 spiro atoms. The first-order valence-electron chi connectivity index (χ1n) is 6.21. The van der Waals surface area contributed by atoms with Gasteiger partial charge in [-0.25, -0.2) is 0 Å². The number of thioether (sulfide) groups is 1. The molecule has 9 heteroatoms. The lowest BCUT2D eigenvalue weighted by Crippen LogP contribution is -2.56. The average Bonchev–Trinajstić information content (AvgIpc) is 2.35. The molecule has 21 heavy (non-hydrogen) atoms. The summed E-state index contributed by atoms with van der Waals surface area (Å²) in [6, 6.07) is 0. The van der Waals surface area contributed by atoms with Crippen LogP contribution >= 0.6 is 24.4 Å². The van der Waals surface area contributed by atoms with E-state index in [0.717, 1.165) is 0 Å². The number of hydrogen-bond acceptors (Lipinski definition) is 9. The summed E-state index contributed by atoms with van der Waals surface area (Å²) in [5.74, 6) is -1.65. The molecule has 0 radical (unpaired) electrons. The number of hydrogen-bond donors (Lipinski definition) is 1. The lowest BCUT2D eigenvalue weighted by Gasteiger charge is -2.40. The van der Waals surface area contributed by atoms with Gasteiger partial charge in [0, 0.05) is 25.9 Å². The number of thiol groups is 1. The minimum Gasteiger partial charge on any atom is -0.456 e. The molecule has 1 unspecified atom stereocenters. The molecule has 0 aromatic rings. The van der Waals surface area contributed by atoms with Crippen LogP contribution in [0.1, 0.15) is 20.8 Å². The van der Waals surface area contributed by atoms with E-state index in [1.807, 2.05) is 0 Å². The molecule has 1 aliphatic heterocycles. The summed E-state index contributed by atoms with van der Waals surface area (Å²) in [6.07, 6.45) is -2.62. The Kier molecular flexibility index (Phi) is 7.33. The van der Waals surface area contributed by atoms with Gasteiger partial charge in [0.1, 0.15) is 5.44 Å². The second-order valence-corrected chi connectivity index (χ2v) is 6.12. The molecular weight excluding hydrogens is 320 g/mol. The third kappa shape index (κ3) is 5.76. The van der Waals surface area contributed by atoms with Gasteiger partial charge in [0.25, 0.3) is 0 Å². The van der Waals surface area contributed by atoms with Crippen molar-refractivity contribution >= 4 is 42.3 Å². The molecule has 0 bridgehead atoms. The first-order chi connectivity index (χ1) is 9.85. The Bertz CT molecular complexity index is 401. The molecule has 1 saturated heterocycles. The third-order valence-electron chi connectivity index (χ3n) is 2.54. The predicted molar refractivity (Wildman–Crippen MR) is 77.8 cm³/mol. The zero-order valence-corrected chi connectivity index (χ0v) is 13.6. The van der Waals surface area contributed by atoms with Crippen LogP contribution in [-0.4, -0.2) is 53.3 Å². The van der Waals surface area contributed by atoms with Crippen molar-refractivity contribution in [3.05, 3.63) is 0 Å². The molecule has 4 atom stereocenters. The Balaban J connectivity index is 2.97. The van der Waals surface area contributed by atoms with Crippen molar-refractivity contribution in [1.29, 1.82) is 0 Å². The summed E-state index contributed by atoms with van der Waals surface area (Å²) in [7, 11) is 0. The molecule has 0 aromatic heterocycles. The van der Waals surface area contributed by atoms with Crippen molar-refractivity contribution in [1.82, 2.24) is 0 Å². The van der Waals surface area contributed by atoms with Gasteiger partial charge in [-0.05, 0) is 0 Å². The Morgan fingerprint density at radius 3 is 2.05 bits per heavy atom. The number of esters is 3. The van der Waals surface area contributed by atoms with Gasteiger partial charge >= 0.3 is 17.9 Å². The lowest BCUT2D eigenvalue weighted by atomic mass is 10.1. The van der Waals surface area contributed by atoms with Crippen LogP contribution in [0.2, 0.25) is 0 Å². The van der Waals surface area contributed by atoms with Crippen LogP contribution in [0.25, 0.3) is 0 Å². The van der Waals surface area contributed by atoms with Crippen molar-refractivity contribution < 1.29 is 33.3 Å². The van der Waals surface area contributed by atoms with Gasteiger partial charge in [0.05, 0.1) is 6.61 Å². The van der Waals surface area contributed by atoms with Crippen LogP contribution in [0.4, 0.5) is 0 Å². The van der Waals surface area contributed by atoms with Crippen molar-refractivity contribution in [2.75, 3.05) is 11.7 Å². The van der Waals surface area contributed by atoms with E-state index in [2.05, 4.69) is 12.6 Å². The first kappa shape index (κ1) is 18.1. The average molecular weight is 338 g/mol. The fraction of sp³-hybridized carbons (Fsp3) is 0.750. The maximum atomic E-state index is 11.3. The Morgan fingerprint density at radius 2 is 1.57 bits per heavy atom. The van der Waals surface area contributed by atoms with Gasteiger partial charge in [0.15, 0.2) is 18.3 Å². The molecule has 1 fully saturated rings. The van der Waals surface area contributed by atoms with Gasteiger partial charge in [0.2, 0.25) is 0 Å². The topological polar surface area (TPSA) is 88.1 Å². The molecule has 1 heterocycles. The molecule has 0 N–H and O–H groups in total. The minimum absolute atomic E-state index is 0.0424. The molecule has 1 rings (SSSR count). The number of carbonyl (C=O) groups excluding carboxylic acids is 3. The highest BCUT2D eigenvalue weighted by Gasteiger charge is 2.46. The van der Waals surface area contributed by atoms with Crippen molar-refractivity contribution in [3.8, 4) is 0 Å². The van der Waals surface area contributed by atoms with E-state index in [1.54, 1.807) is 0 Å². The Labute approximate surface area is 132 Å². The highest BCUT2D eigenvalue weighted by Crippen LogP contribution is 2.30. The van der Waals surface area contributed by atoms with Crippen molar-refractivity contribution in [3.63, 3.8) is 0 Å². The predicted octanol–water partition coefficient (Wildman–Crippen LogP) is 0.758. The van der Waals surface area contributed by atoms with Gasteiger partial charge in [-0.15, -0.1) is 11.8 Å². The van der Waals surface area contributed by atoms with E-state index in [0.29, 0.717) is 5.08 Å². The fourth-order valence-corrected chi connectivity index (χ4v) is 3.09. The van der Waals surface area contributed by atoms with Gasteiger partial charge in [-0.3, -0.25) is 14.4 Å². The summed E-state index contributed by atoms with van der Waals surface area (Å²) in [6.45, 7) is 3.75. The van der Waals surface area contributed by atoms with E-state index in [4.69, 9.17) is 18.9 Å². The summed E-state index contributed by atoms with van der Waals surface area (Å²) in [5, 5.41) is 0.424. The molecular formula is C12H18O7S2. The monoisotopic (exact) mass is 338 g/mol. The molecule has 120 valence electrons. The van der Waals surface area contributed by atoms with E-state index < -0.39 is 41.7 Å². The summed E-state index contributed by atoms with van der Waals surface area (Å²) in [4.78, 5) is 33.7. The Morgan fingerprint density at radius 1 is 1.05 bits per heavy atom. The number of carbonyl (C=O) groups is 3. The van der Waals surface area contributed by atoms with Crippen molar-refractivity contribution in [2.24, 2.45) is 0 Å². The van der Waals surface area contributed by atoms with E-state index in [-0.39, 0.29) is 6.61 Å². The lowest BCUT2D eigenvalue weighted by molar-refractivity contribution is -0.213. The van der Waals surface area contributed by atoms with Crippen molar-refractivity contribution in [2.45, 2.75) is 44.5 Å². The van der Waals surface area contributed by atoms with E-state index >= 15 is 0 Å². The van der Waals surface area contributed by atoms with Crippen LogP contribution in [0.5, 0.6) is 0 Å². The first-order valence-corrected chi connectivity index (χ1v) is 7.89. The van der Waals surface area contributed by atoms with E-state index in [9.17, 15) is 14.4 Å². The van der Waals surface area contributed by atoms with Crippen LogP contribution in [0.3, 0.4) is 0 Å². The quantitative estimate of drug-likeness (QED) is 0.340. The van der Waals surface area contributed by atoms with E-state index in [1.165, 1.54) is 32.5 Å². The van der Waals surface area contributed by atoms with Crippen LogP contribution in [0, 0.1) is 0 Å². The summed E-state index contributed by atoms with van der Waals surface area (Å²) >= 11 is 5.38. The van der Waals surface area contributed by atoms with Gasteiger partial charge in [-0.2, -0.15) is 12.6 Å². The molecule has 0 amide bonds. The van der Waals surface area contributed by atoms with Gasteiger partial charge < -0.3 is 18.9 Å². The van der Waals surface area contributed by atoms with Gasteiger partial charge in [-0.1, -0.05) is 0 Å². The molecule has 7 nitrogen and oxygen atoms in total. The molecule has 0 saturated carbocycles. The second kappa shape index (κ2) is 8.50. The normalized spacial score (nSPS) is 28.6. The molecule has 0 aliphatic carbocycles. The largest absolute Gasteiger partial charge is 0.456 e. The maximum Gasteiger partial charge on any atom is 0.303 e. The highest BCUT2D eigenvalue weighted by atomic mass is 32.2. The minimum atomic E-state index is -0.915. The fourth-order valence-electron chi connectivity index (χ4n) is 1.93. The van der Waals surface area contributed by atoms with Crippen LogP contribution < -0.4 is 0 Å². The third-order valence-corrected chi connectivity index (χ3v) is 3.87. The zero-order valence-electron chi connectivity index (χ0n) is 11.9. The summed E-state index contributed by atoms with van der Waals surface area (Å²) in [5.41, 5.74) is -0.553. The molecule has 1 aliphatic rings. The summed E-state index contributed by atoms with van der Waals surface area (Å²) < 4.78 is 21.0. The Hall–Kier alpha value is -0.930. The number of ether oxygens (including phenoxy) is 4. The molecule has 0 aromatic carbocycles. The zero-order chi connectivity index (χ0) is 16.0. The van der Waals surface area contributed by atoms with Crippen LogP contribution in [-0.2, 0) is 33.3 Å². The number of rotatable bonds is 5. The highest BCUT2D eigenvalue weighted by molar-refractivity contribution is 8.09. The second-order valence-electron chi connectivity index (χ2n) is 4.29.